The fourth-order valence-electron chi connectivity index (χ4n) is 3.16. The molecule has 0 radical (unpaired) electrons. The fourth-order valence-corrected chi connectivity index (χ4v) is 4.17. The van der Waals surface area contributed by atoms with Gasteiger partial charge in [0.15, 0.2) is 5.17 Å². The zero-order chi connectivity index (χ0) is 19.4. The Morgan fingerprint density at radius 1 is 1.33 bits per heavy atom. The number of thioether (sulfide) groups is 1. The number of hydrogen-bond acceptors (Lipinski definition) is 6. The smallest absolute Gasteiger partial charge is 0.338 e. The third-order valence-corrected chi connectivity index (χ3v) is 5.53. The van der Waals surface area contributed by atoms with Crippen LogP contribution in [0.1, 0.15) is 44.7 Å². The van der Waals surface area contributed by atoms with E-state index in [1.807, 2.05) is 24.3 Å². The van der Waals surface area contributed by atoms with Gasteiger partial charge in [-0.3, -0.25) is 9.69 Å². The summed E-state index contributed by atoms with van der Waals surface area (Å²) in [4.78, 5) is 31.2. The number of unbranched alkanes of at least 4 members (excludes halogenated alkanes) is 1. The fraction of sp³-hybridized carbons (Fsp3) is 0.450. The lowest BCUT2D eigenvalue weighted by molar-refractivity contribution is -0.137. The molecule has 1 aromatic carbocycles. The second kappa shape index (κ2) is 8.61. The number of nitrogens with zero attached hydrogens (tertiary/aromatic N) is 2. The summed E-state index contributed by atoms with van der Waals surface area (Å²) in [6.07, 6.45) is 2.49. The maximum atomic E-state index is 12.6. The van der Waals surface area contributed by atoms with Crippen molar-refractivity contribution in [3.05, 3.63) is 41.1 Å². The standard InChI is InChI=1S/C20H24N2O4S/c1-4-5-11-26-15-8-6-14(7-9-15)18-17(19(24)25-3)13(2)21-20-22(18)16(23)10-12-27-20/h6-9,18H,4-5,10-12H2,1-3H3/t18-/m0/s1. The van der Waals surface area contributed by atoms with Crippen LogP contribution in [0, 0.1) is 0 Å². The SMILES string of the molecule is CCCCOc1ccc([C@H]2C(C(=O)OC)=C(C)N=C3SCCC(=O)N32)cc1. The number of fused-ring (bicyclic) bond motifs is 1. The number of amidine groups is 1. The van der Waals surface area contributed by atoms with E-state index in [1.165, 1.54) is 18.9 Å². The Labute approximate surface area is 163 Å². The quantitative estimate of drug-likeness (QED) is 0.549. The second-order valence-electron chi connectivity index (χ2n) is 6.42. The van der Waals surface area contributed by atoms with Crippen LogP contribution in [0.2, 0.25) is 0 Å². The molecular weight excluding hydrogens is 364 g/mol. The van der Waals surface area contributed by atoms with Gasteiger partial charge in [-0.05, 0) is 31.0 Å². The third kappa shape index (κ3) is 4.03. The maximum absolute atomic E-state index is 12.6. The topological polar surface area (TPSA) is 68.2 Å². The van der Waals surface area contributed by atoms with E-state index in [4.69, 9.17) is 9.47 Å². The van der Waals surface area contributed by atoms with Gasteiger partial charge in [0.05, 0.1) is 31.0 Å². The van der Waals surface area contributed by atoms with E-state index in [0.717, 1.165) is 24.2 Å². The van der Waals surface area contributed by atoms with Gasteiger partial charge in [-0.25, -0.2) is 9.79 Å². The van der Waals surface area contributed by atoms with E-state index in [2.05, 4.69) is 11.9 Å². The van der Waals surface area contributed by atoms with Gasteiger partial charge in [0, 0.05) is 12.2 Å². The Morgan fingerprint density at radius 2 is 2.07 bits per heavy atom. The van der Waals surface area contributed by atoms with Crippen LogP contribution in [-0.2, 0) is 14.3 Å². The minimum atomic E-state index is -0.532. The minimum Gasteiger partial charge on any atom is -0.494 e. The number of carbonyl (C=O) groups excluding carboxylic acids is 2. The molecule has 0 bridgehead atoms. The Morgan fingerprint density at radius 3 is 2.74 bits per heavy atom. The van der Waals surface area contributed by atoms with Crippen molar-refractivity contribution in [3.8, 4) is 5.75 Å². The number of allylic oxidation sites excluding steroid dienone is 1. The van der Waals surface area contributed by atoms with Crippen LogP contribution in [0.25, 0.3) is 0 Å². The molecule has 1 atom stereocenters. The number of rotatable bonds is 6. The molecule has 0 unspecified atom stereocenters. The van der Waals surface area contributed by atoms with Crippen LogP contribution in [0.5, 0.6) is 5.75 Å². The molecule has 1 amide bonds. The van der Waals surface area contributed by atoms with Gasteiger partial charge < -0.3 is 9.47 Å². The molecule has 0 aromatic heterocycles. The van der Waals surface area contributed by atoms with Crippen molar-refractivity contribution < 1.29 is 19.1 Å². The first-order valence-corrected chi connectivity index (χ1v) is 10.1. The summed E-state index contributed by atoms with van der Waals surface area (Å²) in [6, 6.07) is 7.02. The van der Waals surface area contributed by atoms with Gasteiger partial charge in [0.25, 0.3) is 0 Å². The van der Waals surface area contributed by atoms with Crippen LogP contribution in [0.4, 0.5) is 0 Å². The lowest BCUT2D eigenvalue weighted by atomic mass is 9.94. The number of methoxy groups -OCH3 is 1. The number of carbonyl (C=O) groups is 2. The van der Waals surface area contributed by atoms with E-state index in [0.29, 0.717) is 35.2 Å². The van der Waals surface area contributed by atoms with Crippen molar-refractivity contribution in [2.75, 3.05) is 19.5 Å². The summed E-state index contributed by atoms with van der Waals surface area (Å²) in [7, 11) is 1.34. The summed E-state index contributed by atoms with van der Waals surface area (Å²) in [5.74, 6) is 0.976. The summed E-state index contributed by atoms with van der Waals surface area (Å²) in [6.45, 7) is 4.57. The van der Waals surface area contributed by atoms with Crippen LogP contribution >= 0.6 is 11.8 Å². The molecule has 2 aliphatic rings. The average Bonchev–Trinajstić information content (AvgIpc) is 2.67. The molecule has 0 spiro atoms. The molecule has 6 nitrogen and oxygen atoms in total. The molecule has 0 saturated carbocycles. The number of esters is 1. The molecule has 144 valence electrons. The maximum Gasteiger partial charge on any atom is 0.338 e. The third-order valence-electron chi connectivity index (χ3n) is 4.57. The van der Waals surface area contributed by atoms with Gasteiger partial charge in [-0.1, -0.05) is 37.2 Å². The van der Waals surface area contributed by atoms with Crippen LogP contribution in [0.15, 0.2) is 40.5 Å². The molecular formula is C20H24N2O4S. The molecule has 0 N–H and O–H groups in total. The van der Waals surface area contributed by atoms with E-state index < -0.39 is 12.0 Å². The van der Waals surface area contributed by atoms with Crippen LogP contribution in [0.3, 0.4) is 0 Å². The highest BCUT2D eigenvalue weighted by Crippen LogP contribution is 2.40. The molecule has 2 aliphatic heterocycles. The van der Waals surface area contributed by atoms with Crippen LogP contribution in [-0.4, -0.2) is 41.4 Å². The van der Waals surface area contributed by atoms with Crippen molar-refractivity contribution in [2.24, 2.45) is 4.99 Å². The van der Waals surface area contributed by atoms with E-state index in [1.54, 1.807) is 11.8 Å². The first-order valence-electron chi connectivity index (χ1n) is 9.12. The van der Waals surface area contributed by atoms with Gasteiger partial charge in [-0.2, -0.15) is 0 Å². The van der Waals surface area contributed by atoms with Crippen molar-refractivity contribution >= 4 is 28.8 Å². The van der Waals surface area contributed by atoms with E-state index in [-0.39, 0.29) is 5.91 Å². The Bertz CT molecular complexity index is 786. The summed E-state index contributed by atoms with van der Waals surface area (Å²) in [5, 5.41) is 0.643. The molecule has 3 rings (SSSR count). The first-order chi connectivity index (χ1) is 13.1. The highest BCUT2D eigenvalue weighted by atomic mass is 32.2. The Hall–Kier alpha value is -2.28. The molecule has 0 aliphatic carbocycles. The van der Waals surface area contributed by atoms with Gasteiger partial charge in [-0.15, -0.1) is 0 Å². The normalized spacial score (nSPS) is 19.5. The van der Waals surface area contributed by atoms with Crippen LogP contribution < -0.4 is 4.74 Å². The van der Waals surface area contributed by atoms with E-state index in [9.17, 15) is 9.59 Å². The van der Waals surface area contributed by atoms with Gasteiger partial charge in [0.2, 0.25) is 5.91 Å². The second-order valence-corrected chi connectivity index (χ2v) is 7.48. The van der Waals surface area contributed by atoms with Crippen molar-refractivity contribution in [3.63, 3.8) is 0 Å². The summed E-state index contributed by atoms with van der Waals surface area (Å²) in [5.41, 5.74) is 1.82. The van der Waals surface area contributed by atoms with E-state index >= 15 is 0 Å². The zero-order valence-electron chi connectivity index (χ0n) is 15.9. The molecule has 2 heterocycles. The predicted octanol–water partition coefficient (Wildman–Crippen LogP) is 3.69. The minimum absolute atomic E-state index is 0.0327. The largest absolute Gasteiger partial charge is 0.494 e. The molecule has 27 heavy (non-hydrogen) atoms. The number of amides is 1. The van der Waals surface area contributed by atoms with Gasteiger partial charge in [0.1, 0.15) is 5.75 Å². The van der Waals surface area contributed by atoms with Crippen molar-refractivity contribution in [1.82, 2.24) is 4.90 Å². The lowest BCUT2D eigenvalue weighted by Gasteiger charge is -2.38. The van der Waals surface area contributed by atoms with Gasteiger partial charge >= 0.3 is 5.97 Å². The Balaban J connectivity index is 1.97. The van der Waals surface area contributed by atoms with Crippen molar-refractivity contribution in [1.29, 1.82) is 0 Å². The summed E-state index contributed by atoms with van der Waals surface area (Å²) >= 11 is 1.54. The molecule has 1 saturated heterocycles. The number of hydrogen-bond donors (Lipinski definition) is 0. The highest BCUT2D eigenvalue weighted by molar-refractivity contribution is 8.14. The average molecular weight is 388 g/mol. The predicted molar refractivity (Wildman–Crippen MR) is 106 cm³/mol. The highest BCUT2D eigenvalue weighted by Gasteiger charge is 2.41. The molecule has 1 aromatic rings. The number of benzene rings is 1. The summed E-state index contributed by atoms with van der Waals surface area (Å²) < 4.78 is 10.7. The first kappa shape index (κ1) is 19.5. The monoisotopic (exact) mass is 388 g/mol. The Kier molecular flexibility index (Phi) is 6.21. The van der Waals surface area contributed by atoms with Crippen molar-refractivity contribution in [2.45, 2.75) is 39.2 Å². The lowest BCUT2D eigenvalue weighted by Crippen LogP contribution is -2.45. The number of aliphatic imine (C=N–C) groups is 1. The number of ether oxygens (including phenoxy) is 2. The molecule has 1 fully saturated rings. The zero-order valence-corrected chi connectivity index (χ0v) is 16.7. The molecule has 7 heteroatoms.